The molecule has 4 unspecified atom stereocenters. The monoisotopic (exact) mass is 437 g/mol. The van der Waals surface area contributed by atoms with E-state index in [1.165, 1.54) is 22.6 Å². The van der Waals surface area contributed by atoms with Crippen LogP contribution in [0.15, 0.2) is 54.6 Å². The van der Waals surface area contributed by atoms with Crippen LogP contribution in [-0.2, 0) is 17.9 Å². The summed E-state index contributed by atoms with van der Waals surface area (Å²) < 4.78 is 13.3. The summed E-state index contributed by atoms with van der Waals surface area (Å²) in [4.78, 5) is 34.1. The van der Waals surface area contributed by atoms with Gasteiger partial charge in [-0.2, -0.15) is 0 Å². The Balaban J connectivity index is 1.40. The number of nitrogens with zero attached hydrogens (tertiary/aromatic N) is 4. The lowest BCUT2D eigenvalue weighted by atomic mass is 10.0. The first-order valence-corrected chi connectivity index (χ1v) is 11.0. The van der Waals surface area contributed by atoms with Crippen LogP contribution in [0.1, 0.15) is 18.1 Å². The number of rotatable bonds is 4. The summed E-state index contributed by atoms with van der Waals surface area (Å²) in [5.74, 6) is -0.158. The molecule has 32 heavy (non-hydrogen) atoms. The Morgan fingerprint density at radius 1 is 0.969 bits per heavy atom. The van der Waals surface area contributed by atoms with E-state index in [9.17, 15) is 14.0 Å². The lowest BCUT2D eigenvalue weighted by Gasteiger charge is -2.45. The van der Waals surface area contributed by atoms with E-state index in [-0.39, 0.29) is 36.8 Å². The lowest BCUT2D eigenvalue weighted by Crippen LogP contribution is -2.66. The first kappa shape index (κ1) is 21.1. The van der Waals surface area contributed by atoms with Gasteiger partial charge in [0.2, 0.25) is 0 Å². The number of halogens is 1. The topological polar surface area (TPSA) is 59.1 Å². The third-order valence-electron chi connectivity index (χ3n) is 6.66. The van der Waals surface area contributed by atoms with Crippen molar-refractivity contribution >= 4 is 11.9 Å². The standard InChI is InChI=1S/C24H28FN5O2/c1-16-12-28(14-17-6-4-3-5-7-17)23-26-21-20(29(23)13-16)22(31)30(24(32)27(21)2)15-18-8-10-19(25)11-9-18/h3-11,16,20-21,23,26H,12-15H2,1-2H3. The first-order valence-electron chi connectivity index (χ1n) is 11.0. The van der Waals surface area contributed by atoms with Crippen molar-refractivity contribution < 1.29 is 14.0 Å². The third kappa shape index (κ3) is 3.68. The van der Waals surface area contributed by atoms with Crippen LogP contribution in [0.2, 0.25) is 0 Å². The molecule has 0 radical (unpaired) electrons. The minimum Gasteiger partial charge on any atom is -0.310 e. The molecular formula is C24H28FN5O2. The molecule has 3 amide bonds. The van der Waals surface area contributed by atoms with Gasteiger partial charge in [0.15, 0.2) is 0 Å². The van der Waals surface area contributed by atoms with Gasteiger partial charge in [-0.15, -0.1) is 0 Å². The molecular weight excluding hydrogens is 409 g/mol. The molecule has 168 valence electrons. The number of nitrogens with one attached hydrogen (secondary N) is 1. The number of urea groups is 1. The molecule has 3 heterocycles. The maximum atomic E-state index is 13.6. The van der Waals surface area contributed by atoms with Crippen LogP contribution >= 0.6 is 0 Å². The quantitative estimate of drug-likeness (QED) is 0.795. The maximum Gasteiger partial charge on any atom is 0.328 e. The van der Waals surface area contributed by atoms with Crippen LogP contribution in [0.4, 0.5) is 9.18 Å². The molecule has 3 saturated heterocycles. The summed E-state index contributed by atoms with van der Waals surface area (Å²) in [7, 11) is 1.74. The number of amides is 3. The number of carbonyl (C=O) groups is 2. The Hall–Kier alpha value is -2.81. The number of likely N-dealkylation sites (N-methyl/N-ethyl adjacent to an activating group) is 1. The lowest BCUT2D eigenvalue weighted by molar-refractivity contribution is -0.141. The molecule has 0 bridgehead atoms. The van der Waals surface area contributed by atoms with Crippen LogP contribution in [0, 0.1) is 11.7 Å². The second-order valence-electron chi connectivity index (χ2n) is 9.09. The van der Waals surface area contributed by atoms with E-state index in [0.717, 1.165) is 25.2 Å². The average molecular weight is 438 g/mol. The van der Waals surface area contributed by atoms with Gasteiger partial charge in [0.25, 0.3) is 5.91 Å². The molecule has 7 nitrogen and oxygen atoms in total. The number of hydrogen-bond donors (Lipinski definition) is 1. The van der Waals surface area contributed by atoms with Gasteiger partial charge in [0.1, 0.15) is 24.3 Å². The van der Waals surface area contributed by atoms with Crippen LogP contribution in [0.3, 0.4) is 0 Å². The van der Waals surface area contributed by atoms with Crippen molar-refractivity contribution in [2.75, 3.05) is 20.1 Å². The molecule has 2 aromatic rings. The van der Waals surface area contributed by atoms with Crippen molar-refractivity contribution in [1.29, 1.82) is 0 Å². The number of imide groups is 1. The van der Waals surface area contributed by atoms with Crippen molar-refractivity contribution in [2.24, 2.45) is 5.92 Å². The zero-order valence-corrected chi connectivity index (χ0v) is 18.3. The van der Waals surface area contributed by atoms with Crippen LogP contribution < -0.4 is 5.32 Å². The molecule has 4 atom stereocenters. The van der Waals surface area contributed by atoms with Crippen molar-refractivity contribution in [2.45, 2.75) is 38.5 Å². The summed E-state index contributed by atoms with van der Waals surface area (Å²) in [6, 6.07) is 15.4. The van der Waals surface area contributed by atoms with Crippen LogP contribution in [0.5, 0.6) is 0 Å². The SMILES string of the molecule is CC1CN(Cc2ccccc2)C2NC3C(C(=O)N(Cc4ccc(F)cc4)C(=O)N3C)N2C1. The van der Waals surface area contributed by atoms with E-state index >= 15 is 0 Å². The Bertz CT molecular complexity index is 1000. The Kier molecular flexibility index (Phi) is 5.44. The Morgan fingerprint density at radius 2 is 1.66 bits per heavy atom. The minimum absolute atomic E-state index is 0.119. The van der Waals surface area contributed by atoms with Gasteiger partial charge in [-0.25, -0.2) is 9.18 Å². The van der Waals surface area contributed by atoms with Crippen molar-refractivity contribution in [3.8, 4) is 0 Å². The highest BCUT2D eigenvalue weighted by atomic mass is 19.1. The number of benzene rings is 2. The van der Waals surface area contributed by atoms with Crippen molar-refractivity contribution in [3.63, 3.8) is 0 Å². The predicted octanol–water partition coefficient (Wildman–Crippen LogP) is 2.26. The van der Waals surface area contributed by atoms with Crippen LogP contribution in [-0.4, -0.2) is 70.2 Å². The molecule has 0 spiro atoms. The zero-order chi connectivity index (χ0) is 22.4. The predicted molar refractivity (Wildman–Crippen MR) is 117 cm³/mol. The largest absolute Gasteiger partial charge is 0.328 e. The van der Waals surface area contributed by atoms with Gasteiger partial charge >= 0.3 is 6.03 Å². The van der Waals surface area contributed by atoms with Gasteiger partial charge in [0, 0.05) is 26.7 Å². The van der Waals surface area contributed by atoms with E-state index in [2.05, 4.69) is 34.2 Å². The van der Waals surface area contributed by atoms with E-state index in [4.69, 9.17) is 0 Å². The molecule has 3 aliphatic rings. The highest BCUT2D eigenvalue weighted by Crippen LogP contribution is 2.33. The summed E-state index contributed by atoms with van der Waals surface area (Å²) in [5, 5.41) is 3.55. The molecule has 0 aromatic heterocycles. The fourth-order valence-corrected chi connectivity index (χ4v) is 5.17. The maximum absolute atomic E-state index is 13.6. The Labute approximate surface area is 187 Å². The fraction of sp³-hybridized carbons (Fsp3) is 0.417. The molecule has 0 saturated carbocycles. The number of hydrogen-bond acceptors (Lipinski definition) is 5. The van der Waals surface area contributed by atoms with E-state index in [1.807, 2.05) is 18.2 Å². The van der Waals surface area contributed by atoms with Crippen molar-refractivity contribution in [3.05, 3.63) is 71.5 Å². The molecule has 5 rings (SSSR count). The summed E-state index contributed by atoms with van der Waals surface area (Å²) in [6.07, 6.45) is -0.501. The zero-order valence-electron chi connectivity index (χ0n) is 18.3. The highest BCUT2D eigenvalue weighted by molar-refractivity contribution is 6.00. The van der Waals surface area contributed by atoms with Gasteiger partial charge in [-0.1, -0.05) is 49.4 Å². The van der Waals surface area contributed by atoms with E-state index in [1.54, 1.807) is 24.1 Å². The van der Waals surface area contributed by atoms with Crippen LogP contribution in [0.25, 0.3) is 0 Å². The van der Waals surface area contributed by atoms with Gasteiger partial charge < -0.3 is 4.90 Å². The Morgan fingerprint density at radius 3 is 2.38 bits per heavy atom. The van der Waals surface area contributed by atoms with Gasteiger partial charge in [-0.05, 0) is 29.2 Å². The van der Waals surface area contributed by atoms with Crippen molar-refractivity contribution in [1.82, 2.24) is 24.9 Å². The second kappa shape index (κ2) is 8.27. The third-order valence-corrected chi connectivity index (χ3v) is 6.66. The molecule has 1 N–H and O–H groups in total. The molecule has 0 aliphatic carbocycles. The molecule has 3 aliphatic heterocycles. The highest BCUT2D eigenvalue weighted by Gasteiger charge is 2.56. The van der Waals surface area contributed by atoms with E-state index < -0.39 is 6.04 Å². The van der Waals surface area contributed by atoms with E-state index in [0.29, 0.717) is 5.92 Å². The molecule has 3 fully saturated rings. The minimum atomic E-state index is -0.454. The summed E-state index contributed by atoms with van der Waals surface area (Å²) >= 11 is 0. The second-order valence-corrected chi connectivity index (χ2v) is 9.09. The first-order chi connectivity index (χ1) is 15.4. The normalized spacial score (nSPS) is 28.7. The molecule has 8 heteroatoms. The summed E-state index contributed by atoms with van der Waals surface area (Å²) in [6.45, 7) is 4.78. The number of carbonyl (C=O) groups excluding carboxylic acids is 2. The molecule has 2 aromatic carbocycles. The smallest absolute Gasteiger partial charge is 0.310 e. The average Bonchev–Trinajstić information content (AvgIpc) is 3.17. The fourth-order valence-electron chi connectivity index (χ4n) is 5.17. The van der Waals surface area contributed by atoms with Gasteiger partial charge in [0.05, 0.1) is 6.54 Å². The summed E-state index contributed by atoms with van der Waals surface area (Å²) in [5.41, 5.74) is 1.94. The number of fused-ring (bicyclic) bond motifs is 3. The van der Waals surface area contributed by atoms with Gasteiger partial charge in [-0.3, -0.25) is 24.8 Å².